The van der Waals surface area contributed by atoms with Crippen LogP contribution in [-0.2, 0) is 18.4 Å². The van der Waals surface area contributed by atoms with Crippen molar-refractivity contribution in [1.29, 1.82) is 0 Å². The lowest BCUT2D eigenvalue weighted by molar-refractivity contribution is -0.870. The van der Waals surface area contributed by atoms with E-state index < -0.39 is 26.6 Å². The third-order valence-corrected chi connectivity index (χ3v) is 8.04. The molecule has 9 heteroatoms. The summed E-state index contributed by atoms with van der Waals surface area (Å²) in [6.07, 6.45) is 29.3. The number of quaternary nitrogens is 1. The second-order valence-corrected chi connectivity index (χ2v) is 13.9. The summed E-state index contributed by atoms with van der Waals surface area (Å²) >= 11 is 0. The monoisotopic (exact) mass is 628 g/mol. The second-order valence-electron chi connectivity index (χ2n) is 12.5. The van der Waals surface area contributed by atoms with Crippen molar-refractivity contribution < 1.29 is 32.9 Å². The van der Waals surface area contributed by atoms with Gasteiger partial charge in [0.25, 0.3) is 7.82 Å². The van der Waals surface area contributed by atoms with Crippen LogP contribution in [0.5, 0.6) is 0 Å². The summed E-state index contributed by atoms with van der Waals surface area (Å²) < 4.78 is 22.9. The number of carbonyl (C=O) groups is 1. The number of phosphoric ester groups is 1. The minimum absolute atomic E-state index is 0.00921. The third-order valence-electron chi connectivity index (χ3n) is 7.08. The number of likely N-dealkylation sites (N-methyl/N-ethyl adjacent to an activating group) is 1. The van der Waals surface area contributed by atoms with Crippen molar-refractivity contribution in [2.75, 3.05) is 40.9 Å². The standard InChI is InChI=1S/C34H65N2O6P/c1-6-8-10-12-14-15-16-17-18-19-20-21-22-23-25-27-33(37)32(35-34(38)28-26-24-13-11-9-7-2)31-42-43(39,40)41-30-29-36(3,4)5/h16-17,20-21,25,27,32-33,37H,6-15,18-19,22-24,26,28-31H2,1-5H3,(H-,35,38,39,40)/b17-16+,21-20+,27-25+. The summed E-state index contributed by atoms with van der Waals surface area (Å²) in [5.41, 5.74) is 0. The Morgan fingerprint density at radius 2 is 1.30 bits per heavy atom. The SMILES string of the molecule is CCCCCCC/C=C/CC/C=C/CC/C=C/C(O)C(COP(=O)([O-])OCC[N+](C)(C)C)NC(=O)CCCCCCCC. The number of nitrogens with zero attached hydrogens (tertiary/aromatic N) is 1. The van der Waals surface area contributed by atoms with Crippen molar-refractivity contribution in [2.24, 2.45) is 0 Å². The molecule has 3 unspecified atom stereocenters. The lowest BCUT2D eigenvalue weighted by Gasteiger charge is -2.29. The van der Waals surface area contributed by atoms with Crippen LogP contribution in [0.2, 0.25) is 0 Å². The highest BCUT2D eigenvalue weighted by molar-refractivity contribution is 7.45. The Morgan fingerprint density at radius 1 is 0.791 bits per heavy atom. The first-order valence-corrected chi connectivity index (χ1v) is 18.3. The van der Waals surface area contributed by atoms with Gasteiger partial charge in [0.2, 0.25) is 5.91 Å². The Morgan fingerprint density at radius 3 is 1.88 bits per heavy atom. The first kappa shape index (κ1) is 41.7. The van der Waals surface area contributed by atoms with Gasteiger partial charge in [-0.3, -0.25) is 9.36 Å². The lowest BCUT2D eigenvalue weighted by atomic mass is 10.1. The van der Waals surface area contributed by atoms with Gasteiger partial charge in [0, 0.05) is 6.42 Å². The topological polar surface area (TPSA) is 108 Å². The van der Waals surface area contributed by atoms with Gasteiger partial charge in [-0.15, -0.1) is 0 Å². The van der Waals surface area contributed by atoms with E-state index in [1.165, 1.54) is 51.4 Å². The van der Waals surface area contributed by atoms with Crippen LogP contribution in [0.4, 0.5) is 0 Å². The maximum atomic E-state index is 12.6. The smallest absolute Gasteiger partial charge is 0.268 e. The fraction of sp³-hybridized carbons (Fsp3) is 0.794. The largest absolute Gasteiger partial charge is 0.756 e. The number of amides is 1. The van der Waals surface area contributed by atoms with Gasteiger partial charge in [-0.2, -0.15) is 0 Å². The number of unbranched alkanes of at least 4 members (excludes halogenated alkanes) is 12. The quantitative estimate of drug-likeness (QED) is 0.0387. The summed E-state index contributed by atoms with van der Waals surface area (Å²) in [5, 5.41) is 13.5. The second kappa shape index (κ2) is 27.1. The van der Waals surface area contributed by atoms with Gasteiger partial charge in [0.15, 0.2) is 0 Å². The molecule has 0 saturated heterocycles. The molecule has 0 aromatic heterocycles. The molecular weight excluding hydrogens is 563 g/mol. The van der Waals surface area contributed by atoms with Crippen molar-refractivity contribution in [3.63, 3.8) is 0 Å². The van der Waals surface area contributed by atoms with Crippen LogP contribution in [0, 0.1) is 0 Å². The minimum Gasteiger partial charge on any atom is -0.756 e. The van der Waals surface area contributed by atoms with Crippen molar-refractivity contribution >= 4 is 13.7 Å². The summed E-state index contributed by atoms with van der Waals surface area (Å²) in [6.45, 7) is 4.49. The predicted octanol–water partition coefficient (Wildman–Crippen LogP) is 7.38. The molecule has 0 aliphatic heterocycles. The molecule has 1 amide bonds. The third kappa shape index (κ3) is 29.2. The molecule has 0 aliphatic rings. The van der Waals surface area contributed by atoms with E-state index in [1.807, 2.05) is 27.2 Å². The Balaban J connectivity index is 4.65. The molecule has 0 aromatic carbocycles. The first-order chi connectivity index (χ1) is 20.5. The number of carbonyl (C=O) groups excluding carboxylic acids is 1. The Bertz CT molecular complexity index is 809. The number of nitrogens with one attached hydrogen (secondary N) is 1. The zero-order valence-corrected chi connectivity index (χ0v) is 29.0. The van der Waals surface area contributed by atoms with Crippen LogP contribution >= 0.6 is 7.82 Å². The fourth-order valence-electron chi connectivity index (χ4n) is 4.30. The average Bonchev–Trinajstić information content (AvgIpc) is 2.94. The van der Waals surface area contributed by atoms with Crippen LogP contribution in [0.1, 0.15) is 123 Å². The number of hydrogen-bond acceptors (Lipinski definition) is 6. The zero-order chi connectivity index (χ0) is 32.2. The molecule has 0 aromatic rings. The number of aliphatic hydroxyl groups is 1. The van der Waals surface area contributed by atoms with E-state index in [4.69, 9.17) is 9.05 Å². The molecule has 0 fully saturated rings. The molecule has 0 spiro atoms. The van der Waals surface area contributed by atoms with Crippen molar-refractivity contribution in [3.05, 3.63) is 36.5 Å². The first-order valence-electron chi connectivity index (χ1n) is 16.9. The molecule has 8 nitrogen and oxygen atoms in total. The Labute approximate surface area is 264 Å². The molecule has 0 aliphatic carbocycles. The van der Waals surface area contributed by atoms with Crippen molar-refractivity contribution in [1.82, 2.24) is 5.32 Å². The molecule has 0 radical (unpaired) electrons. The van der Waals surface area contributed by atoms with Crippen molar-refractivity contribution in [3.8, 4) is 0 Å². The fourth-order valence-corrected chi connectivity index (χ4v) is 5.02. The van der Waals surface area contributed by atoms with E-state index in [-0.39, 0.29) is 12.5 Å². The van der Waals surface area contributed by atoms with Gasteiger partial charge in [-0.05, 0) is 44.9 Å². The average molecular weight is 629 g/mol. The van der Waals surface area contributed by atoms with Crippen molar-refractivity contribution in [2.45, 2.75) is 135 Å². The molecule has 0 rings (SSSR count). The van der Waals surface area contributed by atoms with E-state index in [2.05, 4.69) is 43.5 Å². The van der Waals surface area contributed by atoms with Gasteiger partial charge < -0.3 is 28.8 Å². The lowest BCUT2D eigenvalue weighted by Crippen LogP contribution is -2.45. The number of phosphoric acid groups is 1. The van der Waals surface area contributed by atoms with E-state index >= 15 is 0 Å². The summed E-state index contributed by atoms with van der Waals surface area (Å²) in [5.74, 6) is -0.225. The van der Waals surface area contributed by atoms with Gasteiger partial charge in [0.1, 0.15) is 13.2 Å². The molecule has 2 N–H and O–H groups in total. The summed E-state index contributed by atoms with van der Waals surface area (Å²) in [7, 11) is 1.23. The predicted molar refractivity (Wildman–Crippen MR) is 178 cm³/mol. The number of allylic oxidation sites excluding steroid dienone is 5. The van der Waals surface area contributed by atoms with Crippen LogP contribution in [-0.4, -0.2) is 68.5 Å². The maximum absolute atomic E-state index is 12.6. The van der Waals surface area contributed by atoms with Crippen LogP contribution < -0.4 is 10.2 Å². The van der Waals surface area contributed by atoms with Gasteiger partial charge >= 0.3 is 0 Å². The van der Waals surface area contributed by atoms with Crippen LogP contribution in [0.25, 0.3) is 0 Å². The number of rotatable bonds is 29. The van der Waals surface area contributed by atoms with Gasteiger partial charge in [-0.25, -0.2) is 0 Å². The number of aliphatic hydroxyl groups excluding tert-OH is 1. The zero-order valence-electron chi connectivity index (χ0n) is 28.1. The normalized spacial score (nSPS) is 15.4. The Kier molecular flexibility index (Phi) is 26.3. The molecule has 252 valence electrons. The molecule has 0 bridgehead atoms. The van der Waals surface area contributed by atoms with E-state index in [0.29, 0.717) is 17.4 Å². The highest BCUT2D eigenvalue weighted by atomic mass is 31.2. The molecular formula is C34H65N2O6P. The van der Waals surface area contributed by atoms with Gasteiger partial charge in [0.05, 0.1) is 39.9 Å². The summed E-state index contributed by atoms with van der Waals surface area (Å²) in [6, 6.07) is -0.901. The van der Waals surface area contributed by atoms with E-state index in [9.17, 15) is 19.4 Å². The highest BCUT2D eigenvalue weighted by Gasteiger charge is 2.23. The Hall–Kier alpha value is -1.28. The highest BCUT2D eigenvalue weighted by Crippen LogP contribution is 2.38. The minimum atomic E-state index is -4.58. The van der Waals surface area contributed by atoms with Gasteiger partial charge in [-0.1, -0.05) is 108 Å². The molecule has 43 heavy (non-hydrogen) atoms. The van der Waals surface area contributed by atoms with E-state index in [0.717, 1.165) is 51.4 Å². The number of hydrogen-bond donors (Lipinski definition) is 2. The molecule has 0 saturated carbocycles. The van der Waals surface area contributed by atoms with Crippen LogP contribution in [0.15, 0.2) is 36.5 Å². The maximum Gasteiger partial charge on any atom is 0.268 e. The van der Waals surface area contributed by atoms with E-state index in [1.54, 1.807) is 6.08 Å². The molecule has 3 atom stereocenters. The molecule has 0 heterocycles. The summed E-state index contributed by atoms with van der Waals surface area (Å²) in [4.78, 5) is 24.9. The van der Waals surface area contributed by atoms with Crippen LogP contribution in [0.3, 0.4) is 0 Å².